The molecule has 1 aromatic heterocycles. The highest BCUT2D eigenvalue weighted by Crippen LogP contribution is 2.21. The quantitative estimate of drug-likeness (QED) is 0.820. The van der Waals surface area contributed by atoms with Crippen LogP contribution in [0.4, 0.5) is 0 Å². The predicted octanol–water partition coefficient (Wildman–Crippen LogP) is 0.619. The second kappa shape index (κ2) is 4.28. The minimum Gasteiger partial charge on any atom is -0.385 e. The van der Waals surface area contributed by atoms with Crippen molar-refractivity contribution in [1.29, 1.82) is 0 Å². The smallest absolute Gasteiger partial charge is 0.244 e. The molecule has 0 aliphatic heterocycles. The van der Waals surface area contributed by atoms with E-state index >= 15 is 0 Å². The maximum Gasteiger partial charge on any atom is 0.244 e. The third kappa shape index (κ3) is 2.75. The van der Waals surface area contributed by atoms with Crippen LogP contribution in [0.3, 0.4) is 0 Å². The first-order valence-corrected chi connectivity index (χ1v) is 6.52. The van der Waals surface area contributed by atoms with Crippen molar-refractivity contribution in [3.8, 4) is 0 Å². The van der Waals surface area contributed by atoms with Gasteiger partial charge in [0.15, 0.2) is 15.7 Å². The number of aliphatic hydroxyl groups is 1. The summed E-state index contributed by atoms with van der Waals surface area (Å²) >= 11 is 0. The molecule has 15 heavy (non-hydrogen) atoms. The van der Waals surface area contributed by atoms with E-state index in [1.165, 1.54) is 6.92 Å². The van der Waals surface area contributed by atoms with Gasteiger partial charge in [0.1, 0.15) is 11.4 Å². The van der Waals surface area contributed by atoms with E-state index in [9.17, 15) is 13.5 Å². The molecule has 86 valence electrons. The summed E-state index contributed by atoms with van der Waals surface area (Å²) in [5.41, 5.74) is 0. The van der Waals surface area contributed by atoms with Gasteiger partial charge in [0, 0.05) is 6.26 Å². The van der Waals surface area contributed by atoms with Gasteiger partial charge in [-0.15, -0.1) is 0 Å². The SMILES string of the molecule is CCC(O)c1noc(C(C)S(C)(=O)=O)n1. The number of rotatable bonds is 4. The Kier molecular flexibility index (Phi) is 3.46. The van der Waals surface area contributed by atoms with Crippen molar-refractivity contribution >= 4 is 9.84 Å². The molecule has 0 aromatic carbocycles. The monoisotopic (exact) mass is 234 g/mol. The van der Waals surface area contributed by atoms with E-state index in [0.29, 0.717) is 6.42 Å². The van der Waals surface area contributed by atoms with E-state index < -0.39 is 21.2 Å². The summed E-state index contributed by atoms with van der Waals surface area (Å²) in [6.45, 7) is 3.23. The van der Waals surface area contributed by atoms with Gasteiger partial charge >= 0.3 is 0 Å². The van der Waals surface area contributed by atoms with Crippen molar-refractivity contribution in [2.75, 3.05) is 6.26 Å². The fraction of sp³-hybridized carbons (Fsp3) is 0.750. The first-order chi connectivity index (χ1) is 6.86. The minimum atomic E-state index is -3.25. The van der Waals surface area contributed by atoms with Crippen LogP contribution in [0.2, 0.25) is 0 Å². The zero-order valence-corrected chi connectivity index (χ0v) is 9.65. The van der Waals surface area contributed by atoms with Gasteiger partial charge in [0.2, 0.25) is 5.89 Å². The molecule has 0 radical (unpaired) electrons. The number of nitrogens with zero attached hydrogens (tertiary/aromatic N) is 2. The van der Waals surface area contributed by atoms with Gasteiger partial charge in [-0.25, -0.2) is 8.42 Å². The van der Waals surface area contributed by atoms with E-state index in [1.807, 2.05) is 0 Å². The Hall–Kier alpha value is -0.950. The molecule has 2 atom stereocenters. The number of aromatic nitrogens is 2. The van der Waals surface area contributed by atoms with Gasteiger partial charge in [0.25, 0.3) is 0 Å². The van der Waals surface area contributed by atoms with Gasteiger partial charge < -0.3 is 9.63 Å². The molecule has 0 amide bonds. The van der Waals surface area contributed by atoms with Gasteiger partial charge in [-0.2, -0.15) is 4.98 Å². The molecular weight excluding hydrogens is 220 g/mol. The minimum absolute atomic E-state index is 0.0139. The highest BCUT2D eigenvalue weighted by atomic mass is 32.2. The van der Waals surface area contributed by atoms with E-state index in [2.05, 4.69) is 10.1 Å². The summed E-state index contributed by atoms with van der Waals surface area (Å²) in [4.78, 5) is 3.84. The van der Waals surface area contributed by atoms with Crippen LogP contribution in [-0.4, -0.2) is 29.9 Å². The largest absolute Gasteiger partial charge is 0.385 e. The highest BCUT2D eigenvalue weighted by molar-refractivity contribution is 7.90. The van der Waals surface area contributed by atoms with Gasteiger partial charge in [-0.3, -0.25) is 0 Å². The van der Waals surface area contributed by atoms with Crippen molar-refractivity contribution < 1.29 is 18.0 Å². The molecule has 1 aromatic rings. The Morgan fingerprint density at radius 2 is 2.13 bits per heavy atom. The molecule has 1 rings (SSSR count). The number of aliphatic hydroxyl groups excluding tert-OH is 1. The zero-order chi connectivity index (χ0) is 11.6. The maximum absolute atomic E-state index is 11.2. The van der Waals surface area contributed by atoms with E-state index in [0.717, 1.165) is 6.26 Å². The lowest BCUT2D eigenvalue weighted by molar-refractivity contribution is 0.159. The molecule has 1 N–H and O–H groups in total. The van der Waals surface area contributed by atoms with Crippen molar-refractivity contribution in [2.24, 2.45) is 0 Å². The highest BCUT2D eigenvalue weighted by Gasteiger charge is 2.25. The summed E-state index contributed by atoms with van der Waals surface area (Å²) in [6, 6.07) is 0. The lowest BCUT2D eigenvalue weighted by Gasteiger charge is -2.02. The summed E-state index contributed by atoms with van der Waals surface area (Å²) in [5.74, 6) is 0.142. The second-order valence-corrected chi connectivity index (χ2v) is 5.75. The summed E-state index contributed by atoms with van der Waals surface area (Å²) < 4.78 is 27.2. The molecule has 0 saturated heterocycles. The third-order valence-electron chi connectivity index (χ3n) is 2.13. The van der Waals surface area contributed by atoms with Gasteiger partial charge in [-0.1, -0.05) is 12.1 Å². The molecule has 0 saturated carbocycles. The predicted molar refractivity (Wildman–Crippen MR) is 52.8 cm³/mol. The summed E-state index contributed by atoms with van der Waals surface area (Å²) in [5, 5.41) is 12.1. The van der Waals surface area contributed by atoms with Crippen molar-refractivity contribution in [1.82, 2.24) is 10.1 Å². The molecule has 0 fully saturated rings. The van der Waals surface area contributed by atoms with Gasteiger partial charge in [0.05, 0.1) is 0 Å². The third-order valence-corrected chi connectivity index (χ3v) is 3.62. The van der Waals surface area contributed by atoms with Crippen LogP contribution in [-0.2, 0) is 9.84 Å². The van der Waals surface area contributed by atoms with E-state index in [1.54, 1.807) is 6.92 Å². The average molecular weight is 234 g/mol. The number of sulfone groups is 1. The molecule has 6 nitrogen and oxygen atoms in total. The normalized spacial score (nSPS) is 16.3. The fourth-order valence-corrected chi connectivity index (χ4v) is 1.38. The van der Waals surface area contributed by atoms with E-state index in [4.69, 9.17) is 4.52 Å². The first kappa shape index (κ1) is 12.1. The van der Waals surface area contributed by atoms with Crippen LogP contribution >= 0.6 is 0 Å². The van der Waals surface area contributed by atoms with Crippen LogP contribution in [0.5, 0.6) is 0 Å². The molecule has 0 aliphatic rings. The Labute approximate surface area is 88.2 Å². The van der Waals surface area contributed by atoms with Crippen molar-refractivity contribution in [2.45, 2.75) is 31.6 Å². The molecule has 7 heteroatoms. The lowest BCUT2D eigenvalue weighted by Crippen LogP contribution is -2.08. The molecular formula is C8H14N2O4S. The van der Waals surface area contributed by atoms with Crippen molar-refractivity contribution in [3.63, 3.8) is 0 Å². The average Bonchev–Trinajstić information content (AvgIpc) is 2.62. The van der Waals surface area contributed by atoms with Gasteiger partial charge in [-0.05, 0) is 13.3 Å². The molecule has 0 bridgehead atoms. The van der Waals surface area contributed by atoms with Crippen LogP contribution in [0.25, 0.3) is 0 Å². The fourth-order valence-electron chi connectivity index (χ4n) is 0.913. The van der Waals surface area contributed by atoms with Crippen LogP contribution in [0.1, 0.15) is 43.3 Å². The van der Waals surface area contributed by atoms with Crippen LogP contribution < -0.4 is 0 Å². The zero-order valence-electron chi connectivity index (χ0n) is 8.84. The Balaban J connectivity index is 2.94. The Morgan fingerprint density at radius 3 is 2.60 bits per heavy atom. The molecule has 1 heterocycles. The molecule has 2 unspecified atom stereocenters. The first-order valence-electron chi connectivity index (χ1n) is 4.56. The van der Waals surface area contributed by atoms with Crippen LogP contribution in [0, 0.1) is 0 Å². The standard InChI is InChI=1S/C8H14N2O4S/c1-4-6(11)7-9-8(14-10-7)5(2)15(3,12)13/h5-6,11H,4H2,1-3H3. The number of hydrogen-bond acceptors (Lipinski definition) is 6. The topological polar surface area (TPSA) is 93.3 Å². The van der Waals surface area contributed by atoms with E-state index in [-0.39, 0.29) is 11.7 Å². The maximum atomic E-state index is 11.2. The Morgan fingerprint density at radius 1 is 1.53 bits per heavy atom. The Bertz CT molecular complexity index is 426. The van der Waals surface area contributed by atoms with Crippen molar-refractivity contribution in [3.05, 3.63) is 11.7 Å². The lowest BCUT2D eigenvalue weighted by atomic mass is 10.3. The van der Waals surface area contributed by atoms with Crippen LogP contribution in [0.15, 0.2) is 4.52 Å². The molecule has 0 spiro atoms. The summed E-state index contributed by atoms with van der Waals surface area (Å²) in [6.07, 6.45) is 0.735. The summed E-state index contributed by atoms with van der Waals surface area (Å²) in [7, 11) is -3.25. The molecule has 0 aliphatic carbocycles. The second-order valence-electron chi connectivity index (χ2n) is 3.39. The number of hydrogen-bond donors (Lipinski definition) is 1.